The van der Waals surface area contributed by atoms with Crippen LogP contribution in [0.25, 0.3) is 11.1 Å². The van der Waals surface area contributed by atoms with Crippen molar-refractivity contribution in [1.82, 2.24) is 15.2 Å². The second-order valence-electron chi connectivity index (χ2n) is 8.77. The van der Waals surface area contributed by atoms with Crippen LogP contribution in [-0.4, -0.2) is 41.3 Å². The minimum atomic E-state index is -0.573. The minimum absolute atomic E-state index is 0.0587. The van der Waals surface area contributed by atoms with Gasteiger partial charge in [0.1, 0.15) is 0 Å². The maximum absolute atomic E-state index is 13.1. The van der Waals surface area contributed by atoms with E-state index in [2.05, 4.69) is 48.4 Å². The van der Waals surface area contributed by atoms with E-state index in [0.717, 1.165) is 36.1 Å². The number of nitrogens with one attached hydrogen (secondary N) is 1. The van der Waals surface area contributed by atoms with Crippen molar-refractivity contribution in [2.24, 2.45) is 11.3 Å². The van der Waals surface area contributed by atoms with Gasteiger partial charge in [0.05, 0.1) is 5.41 Å². The number of nitrogens with zero attached hydrogens (tertiary/aromatic N) is 2. The van der Waals surface area contributed by atoms with Crippen LogP contribution in [0.4, 0.5) is 0 Å². The number of benzene rings is 1. The van der Waals surface area contributed by atoms with E-state index < -0.39 is 5.41 Å². The molecular weight excluding hydrogens is 374 g/mol. The predicted molar refractivity (Wildman–Crippen MR) is 120 cm³/mol. The number of amides is 2. The largest absolute Gasteiger partial charge is 0.356 e. The van der Waals surface area contributed by atoms with E-state index in [0.29, 0.717) is 31.8 Å². The normalized spacial score (nSPS) is 19.0. The molecule has 1 aliphatic heterocycles. The molecule has 1 aromatic carbocycles. The number of likely N-dealkylation sites (tertiary alicyclic amines) is 1. The van der Waals surface area contributed by atoms with Crippen molar-refractivity contribution < 1.29 is 9.59 Å². The smallest absolute Gasteiger partial charge is 0.228 e. The highest BCUT2D eigenvalue weighted by molar-refractivity contribution is 5.85. The summed E-state index contributed by atoms with van der Waals surface area (Å²) in [4.78, 5) is 32.0. The lowest BCUT2D eigenvalue weighted by Crippen LogP contribution is -2.54. The molecule has 0 saturated carbocycles. The Morgan fingerprint density at radius 3 is 2.57 bits per heavy atom. The highest BCUT2D eigenvalue weighted by Crippen LogP contribution is 2.35. The zero-order chi connectivity index (χ0) is 21.6. The molecule has 1 saturated heterocycles. The molecule has 0 radical (unpaired) electrons. The number of piperidine rings is 1. The summed E-state index contributed by atoms with van der Waals surface area (Å²) in [6.45, 7) is 7.89. The molecule has 3 rings (SSSR count). The van der Waals surface area contributed by atoms with Gasteiger partial charge in [0.15, 0.2) is 0 Å². The molecule has 0 unspecified atom stereocenters. The summed E-state index contributed by atoms with van der Waals surface area (Å²) in [7, 11) is 0. The van der Waals surface area contributed by atoms with Crippen molar-refractivity contribution in [2.45, 2.75) is 46.5 Å². The summed E-state index contributed by atoms with van der Waals surface area (Å²) in [6.07, 6.45) is 6.44. The number of aromatic nitrogens is 1. The van der Waals surface area contributed by atoms with E-state index in [1.807, 2.05) is 30.2 Å². The zero-order valence-corrected chi connectivity index (χ0v) is 18.4. The second kappa shape index (κ2) is 9.88. The summed E-state index contributed by atoms with van der Waals surface area (Å²) >= 11 is 0. The van der Waals surface area contributed by atoms with E-state index in [1.165, 1.54) is 0 Å². The Kier molecular flexibility index (Phi) is 7.24. The fourth-order valence-electron chi connectivity index (χ4n) is 4.32. The molecule has 1 aliphatic rings. The molecule has 0 spiro atoms. The van der Waals surface area contributed by atoms with Gasteiger partial charge in [-0.2, -0.15) is 0 Å². The van der Waals surface area contributed by atoms with Crippen molar-refractivity contribution >= 4 is 11.8 Å². The Hall–Kier alpha value is -2.69. The number of hydrogen-bond donors (Lipinski definition) is 1. The van der Waals surface area contributed by atoms with Crippen LogP contribution < -0.4 is 5.32 Å². The number of pyridine rings is 1. The van der Waals surface area contributed by atoms with Gasteiger partial charge in [-0.15, -0.1) is 0 Å². The Balaban J connectivity index is 1.81. The fraction of sp³-hybridized carbons (Fsp3) is 0.480. The van der Waals surface area contributed by atoms with Crippen molar-refractivity contribution in [3.8, 4) is 11.1 Å². The highest BCUT2D eigenvalue weighted by Gasteiger charge is 2.43. The van der Waals surface area contributed by atoms with Crippen LogP contribution in [0.15, 0.2) is 48.8 Å². The van der Waals surface area contributed by atoms with Gasteiger partial charge < -0.3 is 10.2 Å². The monoisotopic (exact) mass is 407 g/mol. The Bertz CT molecular complexity index is 848. The van der Waals surface area contributed by atoms with Gasteiger partial charge in [0.25, 0.3) is 0 Å². The standard InChI is InChI=1S/C25H33N3O2/c1-4-27-24(30)25(12-6-14-28(18-25)23(29)15-19(2)3)16-20-8-10-21(11-9-20)22-7-5-13-26-17-22/h5,7-11,13,17,19H,4,6,12,14-16,18H2,1-3H3,(H,27,30)/t25-/m1/s1. The molecule has 30 heavy (non-hydrogen) atoms. The second-order valence-corrected chi connectivity index (χ2v) is 8.77. The van der Waals surface area contributed by atoms with Crippen LogP contribution in [0.5, 0.6) is 0 Å². The third-order valence-corrected chi connectivity index (χ3v) is 5.82. The molecule has 0 bridgehead atoms. The van der Waals surface area contributed by atoms with Gasteiger partial charge in [-0.1, -0.05) is 44.2 Å². The molecule has 1 aromatic heterocycles. The van der Waals surface area contributed by atoms with E-state index in [1.54, 1.807) is 6.20 Å². The van der Waals surface area contributed by atoms with E-state index >= 15 is 0 Å². The summed E-state index contributed by atoms with van der Waals surface area (Å²) in [5, 5.41) is 3.03. The molecule has 2 aromatic rings. The van der Waals surface area contributed by atoms with E-state index in [4.69, 9.17) is 0 Å². The Morgan fingerprint density at radius 1 is 1.17 bits per heavy atom. The summed E-state index contributed by atoms with van der Waals surface area (Å²) < 4.78 is 0. The maximum Gasteiger partial charge on any atom is 0.228 e. The topological polar surface area (TPSA) is 62.3 Å². The number of carbonyl (C=O) groups excluding carboxylic acids is 2. The van der Waals surface area contributed by atoms with Gasteiger partial charge in [-0.05, 0) is 54.9 Å². The first-order chi connectivity index (χ1) is 14.4. The summed E-state index contributed by atoms with van der Waals surface area (Å²) in [6, 6.07) is 12.3. The summed E-state index contributed by atoms with van der Waals surface area (Å²) in [5.41, 5.74) is 2.73. The third-order valence-electron chi connectivity index (χ3n) is 5.82. The van der Waals surface area contributed by atoms with Crippen molar-refractivity contribution in [1.29, 1.82) is 0 Å². The van der Waals surface area contributed by atoms with Crippen molar-refractivity contribution in [2.75, 3.05) is 19.6 Å². The molecule has 160 valence electrons. The Labute approximate surface area is 179 Å². The molecule has 5 heteroatoms. The van der Waals surface area contributed by atoms with Gasteiger partial charge in [0.2, 0.25) is 11.8 Å². The predicted octanol–water partition coefficient (Wildman–Crippen LogP) is 4.08. The minimum Gasteiger partial charge on any atom is -0.356 e. The van der Waals surface area contributed by atoms with Gasteiger partial charge >= 0.3 is 0 Å². The molecule has 5 nitrogen and oxygen atoms in total. The van der Waals surface area contributed by atoms with Crippen molar-refractivity contribution in [3.05, 3.63) is 54.4 Å². The van der Waals surface area contributed by atoms with Crippen LogP contribution in [0, 0.1) is 11.3 Å². The molecule has 0 aliphatic carbocycles. The molecule has 2 heterocycles. The Morgan fingerprint density at radius 2 is 1.93 bits per heavy atom. The average Bonchev–Trinajstić information content (AvgIpc) is 2.75. The van der Waals surface area contributed by atoms with E-state index in [-0.39, 0.29) is 11.8 Å². The molecule has 1 N–H and O–H groups in total. The van der Waals surface area contributed by atoms with Gasteiger partial charge in [-0.25, -0.2) is 0 Å². The highest BCUT2D eigenvalue weighted by atomic mass is 16.2. The van der Waals surface area contributed by atoms with Gasteiger partial charge in [0, 0.05) is 38.4 Å². The van der Waals surface area contributed by atoms with Crippen molar-refractivity contribution in [3.63, 3.8) is 0 Å². The quantitative estimate of drug-likeness (QED) is 0.752. The molecule has 1 fully saturated rings. The number of rotatable bonds is 7. The lowest BCUT2D eigenvalue weighted by atomic mass is 9.74. The lowest BCUT2D eigenvalue weighted by molar-refractivity contribution is -0.142. The maximum atomic E-state index is 13.1. The lowest BCUT2D eigenvalue weighted by Gasteiger charge is -2.42. The van der Waals surface area contributed by atoms with E-state index in [9.17, 15) is 9.59 Å². The zero-order valence-electron chi connectivity index (χ0n) is 18.4. The first-order valence-electron chi connectivity index (χ1n) is 11.0. The van der Waals surface area contributed by atoms with Crippen LogP contribution in [-0.2, 0) is 16.0 Å². The van der Waals surface area contributed by atoms with Crippen LogP contribution in [0.3, 0.4) is 0 Å². The SMILES string of the molecule is CCNC(=O)[C@@]1(Cc2ccc(-c3cccnc3)cc2)CCCN(C(=O)CC(C)C)C1. The summed E-state index contributed by atoms with van der Waals surface area (Å²) in [5.74, 6) is 0.534. The fourth-order valence-corrected chi connectivity index (χ4v) is 4.32. The molecule has 1 atom stereocenters. The van der Waals surface area contributed by atoms with Crippen LogP contribution >= 0.6 is 0 Å². The first kappa shape index (κ1) is 22.0. The van der Waals surface area contributed by atoms with Crippen LogP contribution in [0.2, 0.25) is 0 Å². The molecule has 2 amide bonds. The molecular formula is C25H33N3O2. The average molecular weight is 408 g/mol. The van der Waals surface area contributed by atoms with Gasteiger partial charge in [-0.3, -0.25) is 14.6 Å². The first-order valence-corrected chi connectivity index (χ1v) is 11.0. The number of carbonyl (C=O) groups is 2. The number of hydrogen-bond acceptors (Lipinski definition) is 3. The van der Waals surface area contributed by atoms with Crippen LogP contribution in [0.1, 0.15) is 45.6 Å². The third kappa shape index (κ3) is 5.26.